The molecule has 2 aromatic carbocycles. The minimum absolute atomic E-state index is 0.233. The molecule has 3 aromatic rings. The van der Waals surface area contributed by atoms with Gasteiger partial charge in [-0.3, -0.25) is 0 Å². The zero-order valence-corrected chi connectivity index (χ0v) is 19.7. The maximum absolute atomic E-state index is 14.4. The first-order chi connectivity index (χ1) is 15.2. The molecule has 0 aliphatic carbocycles. The number of hydrogen-bond donors (Lipinski definition) is 1. The molecule has 170 valence electrons. The molecule has 0 bridgehead atoms. The second kappa shape index (κ2) is 8.94. The molecule has 1 aliphatic heterocycles. The van der Waals surface area contributed by atoms with Crippen LogP contribution in [0.25, 0.3) is 0 Å². The third-order valence-corrected chi connectivity index (χ3v) is 9.09. The molecule has 0 amide bonds. The van der Waals surface area contributed by atoms with Gasteiger partial charge < -0.3 is 10.0 Å². The largest absolute Gasteiger partial charge is 0.386 e. The molecule has 5 nitrogen and oxygen atoms in total. The van der Waals surface area contributed by atoms with Gasteiger partial charge in [0.15, 0.2) is 0 Å². The number of nitrogens with zero attached hydrogens (tertiary/aromatic N) is 2. The summed E-state index contributed by atoms with van der Waals surface area (Å²) in [4.78, 5) is 2.14. The summed E-state index contributed by atoms with van der Waals surface area (Å²) in [5.74, 6) is -0.289. The summed E-state index contributed by atoms with van der Waals surface area (Å²) >= 11 is 1.21. The summed E-state index contributed by atoms with van der Waals surface area (Å²) in [6.07, 6.45) is 0.385. The Labute approximate surface area is 192 Å². The van der Waals surface area contributed by atoms with Gasteiger partial charge in [0.25, 0.3) is 10.0 Å². The van der Waals surface area contributed by atoms with Crippen molar-refractivity contribution in [3.8, 4) is 0 Å². The van der Waals surface area contributed by atoms with Gasteiger partial charge in [-0.1, -0.05) is 36.4 Å². The smallest absolute Gasteiger partial charge is 0.252 e. The van der Waals surface area contributed by atoms with Crippen LogP contribution >= 0.6 is 11.3 Å². The molecule has 0 radical (unpaired) electrons. The number of halogens is 1. The topological polar surface area (TPSA) is 60.9 Å². The third kappa shape index (κ3) is 4.73. The first-order valence-electron chi connectivity index (χ1n) is 10.5. The van der Waals surface area contributed by atoms with Crippen molar-refractivity contribution in [3.63, 3.8) is 0 Å². The number of sulfonamides is 1. The summed E-state index contributed by atoms with van der Waals surface area (Å²) in [5.41, 5.74) is 1.34. The van der Waals surface area contributed by atoms with Gasteiger partial charge in [0.1, 0.15) is 10.0 Å². The molecule has 1 N–H and O–H groups in total. The second-order valence-corrected chi connectivity index (χ2v) is 11.7. The fourth-order valence-corrected chi connectivity index (χ4v) is 6.69. The molecule has 0 saturated carbocycles. The first kappa shape index (κ1) is 22.9. The van der Waals surface area contributed by atoms with Crippen LogP contribution in [0.2, 0.25) is 0 Å². The normalized spacial score (nSPS) is 18.1. The highest BCUT2D eigenvalue weighted by Gasteiger charge is 2.35. The van der Waals surface area contributed by atoms with Crippen LogP contribution in [0.1, 0.15) is 25.0 Å². The number of hydrogen-bond acceptors (Lipinski definition) is 5. The monoisotopic (exact) mass is 474 g/mol. The maximum Gasteiger partial charge on any atom is 0.252 e. The van der Waals surface area contributed by atoms with Gasteiger partial charge in [-0.2, -0.15) is 4.31 Å². The lowest BCUT2D eigenvalue weighted by Crippen LogP contribution is -2.55. The Kier molecular flexibility index (Phi) is 6.40. The van der Waals surface area contributed by atoms with Crippen LogP contribution in [0.5, 0.6) is 0 Å². The molecule has 1 unspecified atom stereocenters. The van der Waals surface area contributed by atoms with Crippen LogP contribution in [0.15, 0.2) is 70.3 Å². The lowest BCUT2D eigenvalue weighted by Gasteiger charge is -2.42. The van der Waals surface area contributed by atoms with Crippen LogP contribution in [0.3, 0.4) is 0 Å². The molecule has 1 aromatic heterocycles. The van der Waals surface area contributed by atoms with Crippen molar-refractivity contribution in [1.29, 1.82) is 0 Å². The van der Waals surface area contributed by atoms with E-state index in [4.69, 9.17) is 0 Å². The molecule has 1 aliphatic rings. The van der Waals surface area contributed by atoms with E-state index in [1.807, 2.05) is 24.3 Å². The zero-order valence-electron chi connectivity index (χ0n) is 18.1. The number of benzene rings is 2. The van der Waals surface area contributed by atoms with Gasteiger partial charge in [-0.05, 0) is 61.0 Å². The lowest BCUT2D eigenvalue weighted by molar-refractivity contribution is 0.0786. The molecule has 8 heteroatoms. The van der Waals surface area contributed by atoms with E-state index in [1.165, 1.54) is 21.7 Å². The Bertz CT molecular complexity index is 1160. The van der Waals surface area contributed by atoms with Crippen molar-refractivity contribution in [3.05, 3.63) is 83.0 Å². The van der Waals surface area contributed by atoms with Crippen LogP contribution in [0.4, 0.5) is 10.1 Å². The van der Waals surface area contributed by atoms with Gasteiger partial charge in [-0.15, -0.1) is 11.3 Å². The van der Waals surface area contributed by atoms with Crippen molar-refractivity contribution in [1.82, 2.24) is 4.31 Å². The quantitative estimate of drug-likeness (QED) is 0.581. The van der Waals surface area contributed by atoms with Gasteiger partial charge >= 0.3 is 0 Å². The SMILES string of the molecule is CC(C)(O)c1ccc(N2CCN(S(=O)(=O)c3cccs3)CC2Cc2ccccc2F)cc1. The van der Waals surface area contributed by atoms with E-state index in [1.54, 1.807) is 49.6 Å². The highest BCUT2D eigenvalue weighted by molar-refractivity contribution is 7.91. The summed E-state index contributed by atoms with van der Waals surface area (Å²) in [6.45, 7) is 4.57. The van der Waals surface area contributed by atoms with E-state index in [0.29, 0.717) is 29.3 Å². The lowest BCUT2D eigenvalue weighted by atomic mass is 9.97. The Morgan fingerprint density at radius 1 is 1.06 bits per heavy atom. The molecule has 0 spiro atoms. The van der Waals surface area contributed by atoms with E-state index in [9.17, 15) is 17.9 Å². The minimum atomic E-state index is -3.59. The third-order valence-electron chi connectivity index (χ3n) is 5.85. The molecule has 2 heterocycles. The Balaban J connectivity index is 1.64. The summed E-state index contributed by atoms with van der Waals surface area (Å²) < 4.78 is 42.5. The Hall–Kier alpha value is -2.26. The molecule has 32 heavy (non-hydrogen) atoms. The van der Waals surface area contributed by atoms with Crippen molar-refractivity contribution in [2.75, 3.05) is 24.5 Å². The van der Waals surface area contributed by atoms with Gasteiger partial charge in [-0.25, -0.2) is 12.8 Å². The summed E-state index contributed by atoms with van der Waals surface area (Å²) in [5, 5.41) is 12.0. The van der Waals surface area contributed by atoms with E-state index in [-0.39, 0.29) is 18.4 Å². The Morgan fingerprint density at radius 3 is 2.41 bits per heavy atom. The minimum Gasteiger partial charge on any atom is -0.386 e. The molecular weight excluding hydrogens is 447 g/mol. The van der Waals surface area contributed by atoms with E-state index in [2.05, 4.69) is 4.90 Å². The summed E-state index contributed by atoms with van der Waals surface area (Å²) in [6, 6.07) is 17.4. The predicted octanol–water partition coefficient (Wildman–Crippen LogP) is 4.24. The van der Waals surface area contributed by atoms with Crippen LogP contribution in [-0.2, 0) is 22.0 Å². The first-order valence-corrected chi connectivity index (χ1v) is 12.8. The highest BCUT2D eigenvalue weighted by atomic mass is 32.2. The number of aliphatic hydroxyl groups is 1. The Morgan fingerprint density at radius 2 is 1.78 bits per heavy atom. The van der Waals surface area contributed by atoms with Crippen LogP contribution in [0, 0.1) is 5.82 Å². The molecule has 4 rings (SSSR count). The molecule has 1 atom stereocenters. The molecule has 1 fully saturated rings. The van der Waals surface area contributed by atoms with E-state index < -0.39 is 15.6 Å². The van der Waals surface area contributed by atoms with Crippen molar-refractivity contribution >= 4 is 27.0 Å². The van der Waals surface area contributed by atoms with Gasteiger partial charge in [0.05, 0.1) is 5.60 Å². The highest BCUT2D eigenvalue weighted by Crippen LogP contribution is 2.30. The maximum atomic E-state index is 14.4. The van der Waals surface area contributed by atoms with Gasteiger partial charge in [0.2, 0.25) is 0 Å². The standard InChI is InChI=1S/C24H27FN2O3S2/c1-24(2,28)19-9-11-20(12-10-19)27-14-13-26(32(29,30)23-8-5-15-31-23)17-21(27)16-18-6-3-4-7-22(18)25/h3-12,15,21,28H,13-14,16-17H2,1-2H3. The number of rotatable bonds is 6. The summed E-state index contributed by atoms with van der Waals surface area (Å²) in [7, 11) is -3.59. The van der Waals surface area contributed by atoms with Crippen LogP contribution in [-0.4, -0.2) is 43.5 Å². The number of piperazine rings is 1. The number of thiophene rings is 1. The molecular formula is C24H27FN2O3S2. The number of anilines is 1. The zero-order chi connectivity index (χ0) is 22.9. The fraction of sp³-hybridized carbons (Fsp3) is 0.333. The second-order valence-electron chi connectivity index (χ2n) is 8.54. The van der Waals surface area contributed by atoms with Crippen molar-refractivity contribution < 1.29 is 17.9 Å². The van der Waals surface area contributed by atoms with Crippen molar-refractivity contribution in [2.45, 2.75) is 36.1 Å². The predicted molar refractivity (Wildman–Crippen MR) is 126 cm³/mol. The average molecular weight is 475 g/mol. The van der Waals surface area contributed by atoms with E-state index in [0.717, 1.165) is 11.3 Å². The molecule has 1 saturated heterocycles. The fourth-order valence-electron chi connectivity index (χ4n) is 4.08. The van der Waals surface area contributed by atoms with Crippen molar-refractivity contribution in [2.24, 2.45) is 0 Å². The van der Waals surface area contributed by atoms with E-state index >= 15 is 0 Å². The van der Waals surface area contributed by atoms with Gasteiger partial charge in [0, 0.05) is 31.4 Å². The van der Waals surface area contributed by atoms with Crippen LogP contribution < -0.4 is 4.90 Å². The average Bonchev–Trinajstić information content (AvgIpc) is 3.31.